The maximum absolute atomic E-state index is 13.9. The largest absolute Gasteiger partial charge is 0.488 e. The number of amides is 1. The molecule has 4 rings (SSSR count). The summed E-state index contributed by atoms with van der Waals surface area (Å²) in [6, 6.07) is 18.1. The lowest BCUT2D eigenvalue weighted by molar-refractivity contribution is -0.138. The van der Waals surface area contributed by atoms with Crippen LogP contribution in [0.2, 0.25) is 5.02 Å². The molecule has 0 atom stereocenters. The minimum absolute atomic E-state index is 0.257. The van der Waals surface area contributed by atoms with Crippen LogP contribution in [0.1, 0.15) is 34.3 Å². The number of carbonyl (C=O) groups is 1. The molecule has 0 saturated carbocycles. The summed E-state index contributed by atoms with van der Waals surface area (Å²) in [5, 5.41) is 0.373. The molecule has 32 heavy (non-hydrogen) atoms. The molecule has 0 aliphatic carbocycles. The molecule has 0 radical (unpaired) electrons. The molecule has 1 saturated heterocycles. The van der Waals surface area contributed by atoms with Gasteiger partial charge in [-0.2, -0.15) is 13.2 Å². The first-order valence-corrected chi connectivity index (χ1v) is 10.7. The second-order valence-corrected chi connectivity index (χ2v) is 8.11. The molecule has 0 N–H and O–H groups in total. The third-order valence-corrected chi connectivity index (χ3v) is 5.67. The SMILES string of the molecule is O=C(c1ccc(-c2cc(Cl)ccc2OCc2ccccc2)cc1C(F)(F)F)N1CCCC1. The first kappa shape index (κ1) is 22.2. The molecular weight excluding hydrogens is 439 g/mol. The molecule has 0 bridgehead atoms. The fraction of sp³-hybridized carbons (Fsp3) is 0.240. The van der Waals surface area contributed by atoms with E-state index in [9.17, 15) is 18.0 Å². The number of halogens is 4. The lowest BCUT2D eigenvalue weighted by Gasteiger charge is -2.20. The van der Waals surface area contributed by atoms with Crippen molar-refractivity contribution in [1.29, 1.82) is 0 Å². The van der Waals surface area contributed by atoms with E-state index in [1.807, 2.05) is 30.3 Å². The molecule has 166 valence electrons. The van der Waals surface area contributed by atoms with Gasteiger partial charge in [0.2, 0.25) is 0 Å². The van der Waals surface area contributed by atoms with Crippen LogP contribution in [0.4, 0.5) is 13.2 Å². The maximum atomic E-state index is 13.9. The predicted molar refractivity (Wildman–Crippen MR) is 118 cm³/mol. The fourth-order valence-electron chi connectivity index (χ4n) is 3.81. The Kier molecular flexibility index (Phi) is 6.42. The molecule has 1 aliphatic heterocycles. The molecular formula is C25H21ClF3NO2. The summed E-state index contributed by atoms with van der Waals surface area (Å²) in [6.45, 7) is 1.21. The van der Waals surface area contributed by atoms with Crippen molar-refractivity contribution in [2.24, 2.45) is 0 Å². The van der Waals surface area contributed by atoms with Crippen molar-refractivity contribution in [3.05, 3.63) is 88.4 Å². The summed E-state index contributed by atoms with van der Waals surface area (Å²) in [7, 11) is 0. The van der Waals surface area contributed by atoms with E-state index in [1.54, 1.807) is 18.2 Å². The Labute approximate surface area is 189 Å². The van der Waals surface area contributed by atoms with Crippen LogP contribution >= 0.6 is 11.6 Å². The van der Waals surface area contributed by atoms with Gasteiger partial charge in [0.1, 0.15) is 12.4 Å². The van der Waals surface area contributed by atoms with E-state index in [2.05, 4.69) is 0 Å². The highest BCUT2D eigenvalue weighted by molar-refractivity contribution is 6.31. The van der Waals surface area contributed by atoms with Crippen molar-refractivity contribution in [1.82, 2.24) is 4.90 Å². The van der Waals surface area contributed by atoms with Gasteiger partial charge < -0.3 is 9.64 Å². The molecule has 3 aromatic carbocycles. The lowest BCUT2D eigenvalue weighted by Crippen LogP contribution is -2.29. The average Bonchev–Trinajstić information content (AvgIpc) is 3.32. The van der Waals surface area contributed by atoms with Gasteiger partial charge in [0.15, 0.2) is 0 Å². The summed E-state index contributed by atoms with van der Waals surface area (Å²) >= 11 is 6.14. The quantitative estimate of drug-likeness (QED) is 0.418. The van der Waals surface area contributed by atoms with E-state index in [1.165, 1.54) is 17.0 Å². The van der Waals surface area contributed by atoms with Crippen LogP contribution in [0.15, 0.2) is 66.7 Å². The predicted octanol–water partition coefficient (Wildman–Crippen LogP) is 6.84. The van der Waals surface area contributed by atoms with Gasteiger partial charge in [-0.3, -0.25) is 4.79 Å². The van der Waals surface area contributed by atoms with E-state index >= 15 is 0 Å². The number of benzene rings is 3. The molecule has 0 unspecified atom stereocenters. The molecule has 7 heteroatoms. The number of hydrogen-bond acceptors (Lipinski definition) is 2. The summed E-state index contributed by atoms with van der Waals surface area (Å²) in [5.41, 5.74) is 0.341. The second kappa shape index (κ2) is 9.25. The average molecular weight is 460 g/mol. The first-order valence-electron chi connectivity index (χ1n) is 10.3. The summed E-state index contributed by atoms with van der Waals surface area (Å²) in [5.74, 6) is -0.182. The third kappa shape index (κ3) is 4.91. The van der Waals surface area contributed by atoms with Gasteiger partial charge in [0.25, 0.3) is 5.91 Å². The monoisotopic (exact) mass is 459 g/mol. The van der Waals surface area contributed by atoms with Gasteiger partial charge in [0, 0.05) is 23.7 Å². The molecule has 1 fully saturated rings. The molecule has 1 aliphatic rings. The van der Waals surface area contributed by atoms with E-state index in [-0.39, 0.29) is 17.7 Å². The van der Waals surface area contributed by atoms with E-state index < -0.39 is 17.6 Å². The minimum atomic E-state index is -4.68. The van der Waals surface area contributed by atoms with E-state index in [0.29, 0.717) is 29.4 Å². The zero-order valence-corrected chi connectivity index (χ0v) is 17.9. The summed E-state index contributed by atoms with van der Waals surface area (Å²) < 4.78 is 47.6. The van der Waals surface area contributed by atoms with Gasteiger partial charge in [-0.15, -0.1) is 0 Å². The lowest BCUT2D eigenvalue weighted by atomic mass is 9.97. The van der Waals surface area contributed by atoms with Crippen molar-refractivity contribution >= 4 is 17.5 Å². The van der Waals surface area contributed by atoms with Crippen molar-refractivity contribution in [3.8, 4) is 16.9 Å². The number of ether oxygens (including phenoxy) is 1. The normalized spacial score (nSPS) is 13.9. The summed E-state index contributed by atoms with van der Waals surface area (Å²) in [4.78, 5) is 14.2. The first-order chi connectivity index (χ1) is 15.3. The molecule has 3 nitrogen and oxygen atoms in total. The van der Waals surface area contributed by atoms with Gasteiger partial charge in [-0.1, -0.05) is 48.0 Å². The Morgan fingerprint density at radius 1 is 0.969 bits per heavy atom. The zero-order valence-electron chi connectivity index (χ0n) is 17.2. The molecule has 0 aromatic heterocycles. The van der Waals surface area contributed by atoms with Crippen LogP contribution in [0, 0.1) is 0 Å². The van der Waals surface area contributed by atoms with Crippen LogP contribution in [0.25, 0.3) is 11.1 Å². The second-order valence-electron chi connectivity index (χ2n) is 7.67. The van der Waals surface area contributed by atoms with Crippen molar-refractivity contribution in [2.75, 3.05) is 13.1 Å². The van der Waals surface area contributed by atoms with Gasteiger partial charge in [-0.05, 0) is 54.3 Å². The van der Waals surface area contributed by atoms with E-state index in [0.717, 1.165) is 24.5 Å². The van der Waals surface area contributed by atoms with Crippen molar-refractivity contribution < 1.29 is 22.7 Å². The van der Waals surface area contributed by atoms with E-state index in [4.69, 9.17) is 16.3 Å². The number of nitrogens with zero attached hydrogens (tertiary/aromatic N) is 1. The van der Waals surface area contributed by atoms with Crippen molar-refractivity contribution in [3.63, 3.8) is 0 Å². The molecule has 1 heterocycles. The summed E-state index contributed by atoms with van der Waals surface area (Å²) in [6.07, 6.45) is -3.07. The highest BCUT2D eigenvalue weighted by Gasteiger charge is 2.37. The van der Waals surface area contributed by atoms with Crippen LogP contribution < -0.4 is 4.74 Å². The number of carbonyl (C=O) groups excluding carboxylic acids is 1. The number of alkyl halides is 3. The standard InChI is InChI=1S/C25H21ClF3NO2/c26-19-9-11-23(32-16-17-6-2-1-3-7-17)21(15-19)18-8-10-20(22(14-18)25(27,28)29)24(31)30-12-4-5-13-30/h1-3,6-11,14-15H,4-5,12-13,16H2. The van der Waals surface area contributed by atoms with Crippen molar-refractivity contribution in [2.45, 2.75) is 25.6 Å². The van der Waals surface area contributed by atoms with Gasteiger partial charge in [-0.25, -0.2) is 0 Å². The Bertz CT molecular complexity index is 1110. The highest BCUT2D eigenvalue weighted by Crippen LogP contribution is 2.39. The van der Waals surface area contributed by atoms with Gasteiger partial charge >= 0.3 is 6.18 Å². The fourth-order valence-corrected chi connectivity index (χ4v) is 3.98. The Balaban J connectivity index is 1.71. The number of hydrogen-bond donors (Lipinski definition) is 0. The van der Waals surface area contributed by atoms with Crippen LogP contribution in [-0.2, 0) is 12.8 Å². The Hall–Kier alpha value is -2.99. The molecule has 1 amide bonds. The maximum Gasteiger partial charge on any atom is 0.417 e. The third-order valence-electron chi connectivity index (χ3n) is 5.44. The van der Waals surface area contributed by atoms with Crippen LogP contribution in [-0.4, -0.2) is 23.9 Å². The Morgan fingerprint density at radius 2 is 1.69 bits per heavy atom. The highest BCUT2D eigenvalue weighted by atomic mass is 35.5. The zero-order chi connectivity index (χ0) is 22.7. The van der Waals surface area contributed by atoms with Gasteiger partial charge in [0.05, 0.1) is 11.1 Å². The molecule has 3 aromatic rings. The van der Waals surface area contributed by atoms with Crippen LogP contribution in [0.3, 0.4) is 0 Å². The smallest absolute Gasteiger partial charge is 0.417 e. The number of rotatable bonds is 5. The number of likely N-dealkylation sites (tertiary alicyclic amines) is 1. The molecule has 0 spiro atoms. The Morgan fingerprint density at radius 3 is 2.38 bits per heavy atom. The topological polar surface area (TPSA) is 29.5 Å². The van der Waals surface area contributed by atoms with Crippen LogP contribution in [0.5, 0.6) is 5.75 Å². The minimum Gasteiger partial charge on any atom is -0.488 e.